The van der Waals surface area contributed by atoms with Gasteiger partial charge in [-0.05, 0) is 26.9 Å². The van der Waals surface area contributed by atoms with Gasteiger partial charge >= 0.3 is 6.03 Å². The SMILES string of the molecule is CN(C)CCN1CCN(C(=O)NC2CC2)CC1. The zero-order valence-corrected chi connectivity index (χ0v) is 11.0. The van der Waals surface area contributed by atoms with Crippen LogP contribution in [0, 0.1) is 0 Å². The first-order valence-corrected chi connectivity index (χ1v) is 6.57. The van der Waals surface area contributed by atoms with Gasteiger partial charge in [-0.3, -0.25) is 4.90 Å². The van der Waals surface area contributed by atoms with Gasteiger partial charge in [0.1, 0.15) is 0 Å². The molecule has 2 rings (SSSR count). The first-order chi connectivity index (χ1) is 8.15. The van der Waals surface area contributed by atoms with E-state index in [1.165, 1.54) is 0 Å². The van der Waals surface area contributed by atoms with Crippen molar-refractivity contribution in [3.05, 3.63) is 0 Å². The van der Waals surface area contributed by atoms with Gasteiger partial charge in [-0.2, -0.15) is 0 Å². The predicted octanol–water partition coefficient (Wildman–Crippen LogP) is 0.0376. The van der Waals surface area contributed by atoms with Crippen LogP contribution in [0.2, 0.25) is 0 Å². The molecule has 0 spiro atoms. The van der Waals surface area contributed by atoms with E-state index in [2.05, 4.69) is 29.2 Å². The van der Waals surface area contributed by atoms with Crippen LogP contribution in [0.4, 0.5) is 4.79 Å². The van der Waals surface area contributed by atoms with Crippen molar-refractivity contribution in [3.8, 4) is 0 Å². The predicted molar refractivity (Wildman–Crippen MR) is 68.1 cm³/mol. The molecule has 1 aliphatic carbocycles. The number of likely N-dealkylation sites (N-methyl/N-ethyl adjacent to an activating group) is 1. The smallest absolute Gasteiger partial charge is 0.317 e. The minimum Gasteiger partial charge on any atom is -0.335 e. The number of amides is 2. The van der Waals surface area contributed by atoms with E-state index < -0.39 is 0 Å². The first kappa shape index (κ1) is 12.6. The Morgan fingerprint density at radius 3 is 2.41 bits per heavy atom. The number of carbonyl (C=O) groups is 1. The van der Waals surface area contributed by atoms with Crippen LogP contribution in [0.15, 0.2) is 0 Å². The Morgan fingerprint density at radius 2 is 1.88 bits per heavy atom. The molecule has 98 valence electrons. The summed E-state index contributed by atoms with van der Waals surface area (Å²) in [6.45, 7) is 5.94. The molecule has 1 saturated carbocycles. The van der Waals surface area contributed by atoms with Crippen LogP contribution in [0.3, 0.4) is 0 Å². The minimum absolute atomic E-state index is 0.139. The van der Waals surface area contributed by atoms with Crippen LogP contribution in [-0.2, 0) is 0 Å². The molecule has 0 radical (unpaired) electrons. The number of nitrogens with zero attached hydrogens (tertiary/aromatic N) is 3. The summed E-state index contributed by atoms with van der Waals surface area (Å²) in [5, 5.41) is 3.05. The van der Waals surface area contributed by atoms with E-state index in [1.807, 2.05) is 4.90 Å². The van der Waals surface area contributed by atoms with E-state index in [1.54, 1.807) is 0 Å². The third kappa shape index (κ3) is 4.16. The van der Waals surface area contributed by atoms with Crippen LogP contribution in [0.25, 0.3) is 0 Å². The molecule has 1 heterocycles. The van der Waals surface area contributed by atoms with Crippen LogP contribution >= 0.6 is 0 Å². The molecule has 2 aliphatic rings. The first-order valence-electron chi connectivity index (χ1n) is 6.57. The van der Waals surface area contributed by atoms with E-state index in [-0.39, 0.29) is 6.03 Å². The average Bonchev–Trinajstić information content (AvgIpc) is 3.11. The summed E-state index contributed by atoms with van der Waals surface area (Å²) in [4.78, 5) is 18.4. The second kappa shape index (κ2) is 5.69. The van der Waals surface area contributed by atoms with Gasteiger partial charge in [0.2, 0.25) is 0 Å². The van der Waals surface area contributed by atoms with Gasteiger partial charge in [0.15, 0.2) is 0 Å². The zero-order chi connectivity index (χ0) is 12.3. The maximum Gasteiger partial charge on any atom is 0.317 e. The second-order valence-corrected chi connectivity index (χ2v) is 5.36. The lowest BCUT2D eigenvalue weighted by molar-refractivity contribution is 0.133. The van der Waals surface area contributed by atoms with Crippen LogP contribution < -0.4 is 5.32 Å². The third-order valence-corrected chi connectivity index (χ3v) is 3.43. The maximum absolute atomic E-state index is 11.8. The topological polar surface area (TPSA) is 38.8 Å². The van der Waals surface area contributed by atoms with Crippen LogP contribution in [-0.4, -0.2) is 80.1 Å². The highest BCUT2D eigenvalue weighted by Gasteiger charge is 2.27. The number of urea groups is 1. The quantitative estimate of drug-likeness (QED) is 0.754. The molecule has 5 heteroatoms. The molecule has 1 N–H and O–H groups in total. The van der Waals surface area contributed by atoms with Gasteiger partial charge in [0.05, 0.1) is 0 Å². The van der Waals surface area contributed by atoms with E-state index in [0.29, 0.717) is 6.04 Å². The van der Waals surface area contributed by atoms with Crippen molar-refractivity contribution in [3.63, 3.8) is 0 Å². The highest BCUT2D eigenvalue weighted by molar-refractivity contribution is 5.75. The number of hydrogen-bond acceptors (Lipinski definition) is 3. The van der Waals surface area contributed by atoms with Gasteiger partial charge in [0.25, 0.3) is 0 Å². The van der Waals surface area contributed by atoms with Crippen molar-refractivity contribution < 1.29 is 4.79 Å². The molecular weight excluding hydrogens is 216 g/mol. The molecule has 1 aliphatic heterocycles. The second-order valence-electron chi connectivity index (χ2n) is 5.36. The minimum atomic E-state index is 0.139. The Balaban J connectivity index is 1.64. The standard InChI is InChI=1S/C12H24N4O/c1-14(2)5-6-15-7-9-16(10-8-15)12(17)13-11-3-4-11/h11H,3-10H2,1-2H3,(H,13,17). The fourth-order valence-electron chi connectivity index (χ4n) is 2.01. The van der Waals surface area contributed by atoms with Gasteiger partial charge in [-0.1, -0.05) is 0 Å². The zero-order valence-electron chi connectivity index (χ0n) is 11.0. The van der Waals surface area contributed by atoms with E-state index >= 15 is 0 Å². The molecule has 0 unspecified atom stereocenters. The number of rotatable bonds is 4. The molecule has 0 aromatic heterocycles. The summed E-state index contributed by atoms with van der Waals surface area (Å²) in [6, 6.07) is 0.606. The summed E-state index contributed by atoms with van der Waals surface area (Å²) in [5.41, 5.74) is 0. The molecule has 2 fully saturated rings. The molecule has 0 aromatic carbocycles. The van der Waals surface area contributed by atoms with Crippen LogP contribution in [0.1, 0.15) is 12.8 Å². The summed E-state index contributed by atoms with van der Waals surface area (Å²) in [5.74, 6) is 0. The summed E-state index contributed by atoms with van der Waals surface area (Å²) >= 11 is 0. The number of piperazine rings is 1. The number of carbonyl (C=O) groups excluding carboxylic acids is 1. The van der Waals surface area contributed by atoms with Gasteiger partial charge in [0, 0.05) is 45.3 Å². The van der Waals surface area contributed by atoms with E-state index in [9.17, 15) is 4.79 Å². The molecule has 2 amide bonds. The monoisotopic (exact) mass is 240 g/mol. The Kier molecular flexibility index (Phi) is 4.23. The Labute approximate surface area is 104 Å². The highest BCUT2D eigenvalue weighted by Crippen LogP contribution is 2.19. The lowest BCUT2D eigenvalue weighted by Gasteiger charge is -2.35. The Hall–Kier alpha value is -0.810. The Bertz CT molecular complexity index is 257. The van der Waals surface area contributed by atoms with Gasteiger partial charge in [-0.15, -0.1) is 0 Å². The highest BCUT2D eigenvalue weighted by atomic mass is 16.2. The third-order valence-electron chi connectivity index (χ3n) is 3.43. The van der Waals surface area contributed by atoms with Crippen molar-refractivity contribution in [1.82, 2.24) is 20.0 Å². The van der Waals surface area contributed by atoms with Crippen LogP contribution in [0.5, 0.6) is 0 Å². The number of hydrogen-bond donors (Lipinski definition) is 1. The molecule has 1 saturated heterocycles. The normalized spacial score (nSPS) is 21.9. The van der Waals surface area contributed by atoms with E-state index in [0.717, 1.165) is 52.1 Å². The summed E-state index contributed by atoms with van der Waals surface area (Å²) in [7, 11) is 4.19. The molecule has 5 nitrogen and oxygen atoms in total. The molecular formula is C12H24N4O. The van der Waals surface area contributed by atoms with Crippen molar-refractivity contribution in [2.24, 2.45) is 0 Å². The van der Waals surface area contributed by atoms with Crippen molar-refractivity contribution >= 4 is 6.03 Å². The van der Waals surface area contributed by atoms with Crippen molar-refractivity contribution in [2.75, 3.05) is 53.4 Å². The average molecular weight is 240 g/mol. The molecule has 17 heavy (non-hydrogen) atoms. The fourth-order valence-corrected chi connectivity index (χ4v) is 2.01. The summed E-state index contributed by atoms with van der Waals surface area (Å²) in [6.07, 6.45) is 2.32. The molecule has 0 bridgehead atoms. The number of nitrogens with one attached hydrogen (secondary N) is 1. The molecule has 0 atom stereocenters. The largest absolute Gasteiger partial charge is 0.335 e. The van der Waals surface area contributed by atoms with E-state index in [4.69, 9.17) is 0 Å². The summed E-state index contributed by atoms with van der Waals surface area (Å²) < 4.78 is 0. The maximum atomic E-state index is 11.8. The lowest BCUT2D eigenvalue weighted by atomic mass is 10.3. The Morgan fingerprint density at radius 1 is 1.24 bits per heavy atom. The van der Waals surface area contributed by atoms with Gasteiger partial charge in [-0.25, -0.2) is 4.79 Å². The van der Waals surface area contributed by atoms with Crippen molar-refractivity contribution in [1.29, 1.82) is 0 Å². The van der Waals surface area contributed by atoms with Gasteiger partial charge < -0.3 is 15.1 Å². The van der Waals surface area contributed by atoms with Crippen molar-refractivity contribution in [2.45, 2.75) is 18.9 Å². The lowest BCUT2D eigenvalue weighted by Crippen LogP contribution is -2.52. The fraction of sp³-hybridized carbons (Fsp3) is 0.917. The molecule has 0 aromatic rings.